The summed E-state index contributed by atoms with van der Waals surface area (Å²) in [6, 6.07) is 8.10. The Morgan fingerprint density at radius 3 is 2.71 bits per heavy atom. The molecule has 0 saturated heterocycles. The second-order valence-electron chi connectivity index (χ2n) is 3.39. The molecule has 0 aliphatic carbocycles. The van der Waals surface area contributed by atoms with E-state index in [1.165, 1.54) is 11.1 Å². The van der Waals surface area contributed by atoms with E-state index < -0.39 is 6.10 Å². The molecule has 0 bridgehead atoms. The highest BCUT2D eigenvalue weighted by molar-refractivity contribution is 5.25. The van der Waals surface area contributed by atoms with Crippen LogP contribution in [0.1, 0.15) is 11.1 Å². The van der Waals surface area contributed by atoms with Crippen LogP contribution in [0.2, 0.25) is 0 Å². The van der Waals surface area contributed by atoms with Crippen LogP contribution >= 0.6 is 0 Å². The van der Waals surface area contributed by atoms with Gasteiger partial charge in [-0.15, -0.1) is 0 Å². The quantitative estimate of drug-likeness (QED) is 0.639. The minimum atomic E-state index is -0.668. The van der Waals surface area contributed by atoms with E-state index in [0.717, 1.165) is 6.54 Å². The summed E-state index contributed by atoms with van der Waals surface area (Å²) in [6.07, 6.45) is -0.668. The lowest BCUT2D eigenvalue weighted by Crippen LogP contribution is -2.29. The van der Waals surface area contributed by atoms with Crippen LogP contribution in [0.4, 0.5) is 0 Å². The maximum absolute atomic E-state index is 9.09. The monoisotopic (exact) mass is 195 g/mol. The fourth-order valence-electron chi connectivity index (χ4n) is 1.25. The zero-order chi connectivity index (χ0) is 10.4. The molecule has 1 atom stereocenters. The first-order valence-corrected chi connectivity index (χ1v) is 4.78. The fraction of sp³-hybridized carbons (Fsp3) is 0.455. The Hall–Kier alpha value is -0.900. The van der Waals surface area contributed by atoms with Crippen LogP contribution in [-0.4, -0.2) is 29.5 Å². The SMILES string of the molecule is Cc1ccccc1CNC[C@@H](O)CO. The first-order chi connectivity index (χ1) is 6.74. The number of aliphatic hydroxyl groups excluding tert-OH is 2. The number of hydrogen-bond donors (Lipinski definition) is 3. The summed E-state index contributed by atoms with van der Waals surface area (Å²) in [4.78, 5) is 0. The number of aliphatic hydroxyl groups is 2. The summed E-state index contributed by atoms with van der Waals surface area (Å²) >= 11 is 0. The van der Waals surface area contributed by atoms with Gasteiger partial charge in [0, 0.05) is 13.1 Å². The molecule has 1 aromatic carbocycles. The average molecular weight is 195 g/mol. The van der Waals surface area contributed by atoms with Crippen LogP contribution in [0.5, 0.6) is 0 Å². The molecule has 14 heavy (non-hydrogen) atoms. The maximum atomic E-state index is 9.09. The molecule has 0 saturated carbocycles. The van der Waals surface area contributed by atoms with Crippen molar-refractivity contribution >= 4 is 0 Å². The van der Waals surface area contributed by atoms with Crippen molar-refractivity contribution in [3.8, 4) is 0 Å². The third kappa shape index (κ3) is 3.46. The second kappa shape index (κ2) is 5.75. The Bertz CT molecular complexity index is 276. The highest BCUT2D eigenvalue weighted by Gasteiger charge is 2.01. The van der Waals surface area contributed by atoms with E-state index >= 15 is 0 Å². The highest BCUT2D eigenvalue weighted by Crippen LogP contribution is 2.05. The molecular weight excluding hydrogens is 178 g/mol. The molecule has 0 amide bonds. The summed E-state index contributed by atoms with van der Waals surface area (Å²) in [5.41, 5.74) is 2.45. The van der Waals surface area contributed by atoms with Crippen LogP contribution in [0.15, 0.2) is 24.3 Å². The Kier molecular flexibility index (Phi) is 4.59. The lowest BCUT2D eigenvalue weighted by atomic mass is 10.1. The molecule has 78 valence electrons. The number of benzene rings is 1. The van der Waals surface area contributed by atoms with Crippen LogP contribution in [0.25, 0.3) is 0 Å². The standard InChI is InChI=1S/C11H17NO2/c1-9-4-2-3-5-10(9)6-12-7-11(14)8-13/h2-5,11-14H,6-8H2,1H3/t11-/m1/s1. The third-order valence-corrected chi connectivity index (χ3v) is 2.17. The molecule has 0 aromatic heterocycles. The first-order valence-electron chi connectivity index (χ1n) is 4.78. The summed E-state index contributed by atoms with van der Waals surface area (Å²) < 4.78 is 0. The molecule has 0 fully saturated rings. The molecule has 0 unspecified atom stereocenters. The highest BCUT2D eigenvalue weighted by atomic mass is 16.3. The van der Waals surface area contributed by atoms with Gasteiger partial charge >= 0.3 is 0 Å². The van der Waals surface area contributed by atoms with Crippen molar-refractivity contribution in [2.45, 2.75) is 19.6 Å². The smallest absolute Gasteiger partial charge is 0.0895 e. The van der Waals surface area contributed by atoms with Gasteiger partial charge in [0.2, 0.25) is 0 Å². The van der Waals surface area contributed by atoms with Gasteiger partial charge < -0.3 is 15.5 Å². The molecule has 0 spiro atoms. The van der Waals surface area contributed by atoms with Crippen molar-refractivity contribution in [3.63, 3.8) is 0 Å². The number of nitrogens with one attached hydrogen (secondary N) is 1. The zero-order valence-electron chi connectivity index (χ0n) is 8.40. The summed E-state index contributed by atoms with van der Waals surface area (Å²) in [5.74, 6) is 0. The van der Waals surface area contributed by atoms with E-state index in [4.69, 9.17) is 10.2 Å². The molecular formula is C11H17NO2. The van der Waals surface area contributed by atoms with Crippen LogP contribution in [-0.2, 0) is 6.54 Å². The van der Waals surface area contributed by atoms with E-state index in [-0.39, 0.29) is 6.61 Å². The largest absolute Gasteiger partial charge is 0.394 e. The van der Waals surface area contributed by atoms with Gasteiger partial charge in [0.15, 0.2) is 0 Å². The normalized spacial score (nSPS) is 12.8. The number of aryl methyl sites for hydroxylation is 1. The molecule has 0 aliphatic rings. The average Bonchev–Trinajstić information content (AvgIpc) is 2.20. The van der Waals surface area contributed by atoms with Gasteiger partial charge in [0.25, 0.3) is 0 Å². The van der Waals surface area contributed by atoms with E-state index in [0.29, 0.717) is 6.54 Å². The van der Waals surface area contributed by atoms with E-state index in [1.54, 1.807) is 0 Å². The summed E-state index contributed by atoms with van der Waals surface area (Å²) in [5, 5.41) is 20.8. The minimum Gasteiger partial charge on any atom is -0.394 e. The van der Waals surface area contributed by atoms with Crippen LogP contribution in [0, 0.1) is 6.92 Å². The molecule has 1 aromatic rings. The Labute approximate surface area is 84.4 Å². The second-order valence-corrected chi connectivity index (χ2v) is 3.39. The van der Waals surface area contributed by atoms with Crippen molar-refractivity contribution in [1.29, 1.82) is 0 Å². The van der Waals surface area contributed by atoms with E-state index in [2.05, 4.69) is 18.3 Å². The molecule has 3 N–H and O–H groups in total. The minimum absolute atomic E-state index is 0.194. The Balaban J connectivity index is 2.35. The van der Waals surface area contributed by atoms with E-state index in [1.807, 2.05) is 18.2 Å². The molecule has 1 rings (SSSR count). The predicted octanol–water partition coefficient (Wildman–Crippen LogP) is 0.438. The molecule has 3 heteroatoms. The van der Waals surface area contributed by atoms with Gasteiger partial charge in [0.1, 0.15) is 0 Å². The van der Waals surface area contributed by atoms with Gasteiger partial charge in [0.05, 0.1) is 12.7 Å². The molecule has 0 heterocycles. The van der Waals surface area contributed by atoms with Crippen molar-refractivity contribution in [1.82, 2.24) is 5.32 Å². The fourth-order valence-corrected chi connectivity index (χ4v) is 1.25. The zero-order valence-corrected chi connectivity index (χ0v) is 8.40. The topological polar surface area (TPSA) is 52.5 Å². The lowest BCUT2D eigenvalue weighted by molar-refractivity contribution is 0.0942. The van der Waals surface area contributed by atoms with Gasteiger partial charge in [-0.25, -0.2) is 0 Å². The predicted molar refractivity (Wildman–Crippen MR) is 56.0 cm³/mol. The van der Waals surface area contributed by atoms with E-state index in [9.17, 15) is 0 Å². The summed E-state index contributed by atoms with van der Waals surface area (Å²) in [7, 11) is 0. The number of hydrogen-bond acceptors (Lipinski definition) is 3. The van der Waals surface area contributed by atoms with Gasteiger partial charge in [-0.2, -0.15) is 0 Å². The molecule has 0 aliphatic heterocycles. The van der Waals surface area contributed by atoms with Crippen molar-refractivity contribution in [2.75, 3.05) is 13.2 Å². The van der Waals surface area contributed by atoms with Gasteiger partial charge in [-0.3, -0.25) is 0 Å². The van der Waals surface area contributed by atoms with Crippen LogP contribution < -0.4 is 5.32 Å². The Morgan fingerprint density at radius 1 is 1.36 bits per heavy atom. The first kappa shape index (κ1) is 11.2. The number of rotatable bonds is 5. The van der Waals surface area contributed by atoms with Crippen LogP contribution in [0.3, 0.4) is 0 Å². The van der Waals surface area contributed by atoms with Crippen molar-refractivity contribution in [3.05, 3.63) is 35.4 Å². The maximum Gasteiger partial charge on any atom is 0.0895 e. The van der Waals surface area contributed by atoms with Gasteiger partial charge in [-0.1, -0.05) is 24.3 Å². The van der Waals surface area contributed by atoms with Crippen molar-refractivity contribution < 1.29 is 10.2 Å². The summed E-state index contributed by atoms with van der Waals surface area (Å²) in [6.45, 7) is 3.01. The molecule has 3 nitrogen and oxygen atoms in total. The Morgan fingerprint density at radius 2 is 2.07 bits per heavy atom. The lowest BCUT2D eigenvalue weighted by Gasteiger charge is -2.10. The third-order valence-electron chi connectivity index (χ3n) is 2.17. The molecule has 0 radical (unpaired) electrons. The van der Waals surface area contributed by atoms with Crippen molar-refractivity contribution in [2.24, 2.45) is 0 Å². The van der Waals surface area contributed by atoms with Gasteiger partial charge in [-0.05, 0) is 18.1 Å².